The Morgan fingerprint density at radius 1 is 1.59 bits per heavy atom. The number of ether oxygens (including phenoxy) is 1. The highest BCUT2D eigenvalue weighted by Gasteiger charge is 2.26. The van der Waals surface area contributed by atoms with Gasteiger partial charge in [0.05, 0.1) is 7.11 Å². The first-order chi connectivity index (χ1) is 7.78. The van der Waals surface area contributed by atoms with E-state index in [1.165, 1.54) is 20.4 Å². The van der Waals surface area contributed by atoms with E-state index in [-0.39, 0.29) is 11.6 Å². The summed E-state index contributed by atoms with van der Waals surface area (Å²) in [5.74, 6) is -0.0428. The van der Waals surface area contributed by atoms with Crippen LogP contribution in [0.2, 0.25) is 0 Å². The number of imidazole rings is 1. The first kappa shape index (κ1) is 13.7. The molecule has 0 bridgehead atoms. The second-order valence-electron chi connectivity index (χ2n) is 3.57. The van der Waals surface area contributed by atoms with Gasteiger partial charge in [0.15, 0.2) is 5.03 Å². The highest BCUT2D eigenvalue weighted by Crippen LogP contribution is 2.12. The summed E-state index contributed by atoms with van der Waals surface area (Å²) in [7, 11) is 0.455. The maximum absolute atomic E-state index is 12.0. The quantitative estimate of drug-likeness (QED) is 0.684. The van der Waals surface area contributed by atoms with Crippen LogP contribution in [0, 0.1) is 6.92 Å². The molecule has 0 aliphatic carbocycles. The summed E-state index contributed by atoms with van der Waals surface area (Å²) in [5.41, 5.74) is 0. The average Bonchev–Trinajstić information content (AvgIpc) is 2.59. The lowest BCUT2D eigenvalue weighted by Gasteiger charge is -2.13. The van der Waals surface area contributed by atoms with Crippen molar-refractivity contribution in [2.24, 2.45) is 7.05 Å². The second kappa shape index (κ2) is 4.84. The van der Waals surface area contributed by atoms with E-state index in [0.717, 1.165) is 4.31 Å². The van der Waals surface area contributed by atoms with E-state index in [0.29, 0.717) is 5.82 Å². The van der Waals surface area contributed by atoms with Crippen LogP contribution in [0.25, 0.3) is 0 Å². The van der Waals surface area contributed by atoms with E-state index < -0.39 is 16.0 Å². The number of rotatable bonds is 4. The number of carbonyl (C=O) groups is 1. The van der Waals surface area contributed by atoms with Gasteiger partial charge in [-0.3, -0.25) is 4.79 Å². The normalized spacial score (nSPS) is 11.8. The molecular weight excluding hydrogens is 246 g/mol. The van der Waals surface area contributed by atoms with Crippen molar-refractivity contribution in [3.8, 4) is 0 Å². The maximum Gasteiger partial charge on any atom is 0.321 e. The molecule has 0 atom stereocenters. The van der Waals surface area contributed by atoms with Crippen LogP contribution in [0.1, 0.15) is 5.82 Å². The monoisotopic (exact) mass is 261 g/mol. The molecular formula is C9H15N3O4S. The van der Waals surface area contributed by atoms with Crippen LogP contribution in [-0.2, 0) is 26.6 Å². The minimum absolute atomic E-state index is 0.0797. The molecule has 0 N–H and O–H groups in total. The van der Waals surface area contributed by atoms with Gasteiger partial charge in [0.1, 0.15) is 12.4 Å². The van der Waals surface area contributed by atoms with Crippen molar-refractivity contribution in [2.45, 2.75) is 11.9 Å². The van der Waals surface area contributed by atoms with Gasteiger partial charge in [0.2, 0.25) is 0 Å². The largest absolute Gasteiger partial charge is 0.468 e. The highest BCUT2D eigenvalue weighted by atomic mass is 32.2. The summed E-state index contributed by atoms with van der Waals surface area (Å²) in [5, 5.41) is -0.0797. The van der Waals surface area contributed by atoms with Crippen LogP contribution in [0.5, 0.6) is 0 Å². The van der Waals surface area contributed by atoms with Gasteiger partial charge < -0.3 is 9.30 Å². The number of nitrogens with zero attached hydrogens (tertiary/aromatic N) is 3. The summed E-state index contributed by atoms with van der Waals surface area (Å²) in [6.07, 6.45) is 1.40. The van der Waals surface area contributed by atoms with Crippen LogP contribution in [0.4, 0.5) is 0 Å². The predicted octanol–water partition coefficient (Wildman–Crippen LogP) is -0.478. The van der Waals surface area contributed by atoms with Crippen molar-refractivity contribution >= 4 is 16.0 Å². The zero-order valence-corrected chi connectivity index (χ0v) is 11.0. The fraction of sp³-hybridized carbons (Fsp3) is 0.556. The number of esters is 1. The van der Waals surface area contributed by atoms with Crippen molar-refractivity contribution in [3.05, 3.63) is 12.0 Å². The predicted molar refractivity (Wildman–Crippen MR) is 59.8 cm³/mol. The Balaban J connectivity index is 2.99. The molecule has 1 rings (SSSR count). The number of aryl methyl sites for hydroxylation is 2. The molecule has 0 aliphatic rings. The van der Waals surface area contributed by atoms with Gasteiger partial charge in [-0.05, 0) is 6.92 Å². The Bertz CT molecular complexity index is 501. The van der Waals surface area contributed by atoms with Crippen LogP contribution >= 0.6 is 0 Å². The van der Waals surface area contributed by atoms with Gasteiger partial charge in [0, 0.05) is 20.3 Å². The number of sulfonamides is 1. The summed E-state index contributed by atoms with van der Waals surface area (Å²) < 4.78 is 30.9. The molecule has 1 aromatic heterocycles. The minimum Gasteiger partial charge on any atom is -0.468 e. The average molecular weight is 261 g/mol. The number of hydrogen-bond acceptors (Lipinski definition) is 5. The van der Waals surface area contributed by atoms with E-state index in [9.17, 15) is 13.2 Å². The zero-order chi connectivity index (χ0) is 13.2. The Morgan fingerprint density at radius 2 is 2.18 bits per heavy atom. The van der Waals surface area contributed by atoms with Crippen molar-refractivity contribution in [1.29, 1.82) is 0 Å². The Morgan fingerprint density at radius 3 is 2.59 bits per heavy atom. The Kier molecular flexibility index (Phi) is 3.89. The summed E-state index contributed by atoms with van der Waals surface area (Å²) in [6, 6.07) is 0. The molecule has 0 unspecified atom stereocenters. The number of hydrogen-bond donors (Lipinski definition) is 0. The molecule has 0 aromatic carbocycles. The van der Waals surface area contributed by atoms with Crippen molar-refractivity contribution in [1.82, 2.24) is 13.9 Å². The van der Waals surface area contributed by atoms with Crippen LogP contribution in [-0.4, -0.2) is 48.9 Å². The molecule has 0 radical (unpaired) electrons. The summed E-state index contributed by atoms with van der Waals surface area (Å²) >= 11 is 0. The minimum atomic E-state index is -3.75. The summed E-state index contributed by atoms with van der Waals surface area (Å²) in [4.78, 5) is 14.9. The van der Waals surface area contributed by atoms with Gasteiger partial charge >= 0.3 is 5.97 Å². The van der Waals surface area contributed by atoms with Crippen molar-refractivity contribution in [3.63, 3.8) is 0 Å². The lowest BCUT2D eigenvalue weighted by molar-refractivity contribution is -0.140. The maximum atomic E-state index is 12.0. The van der Waals surface area contributed by atoms with Crippen molar-refractivity contribution in [2.75, 3.05) is 20.7 Å². The molecule has 1 aromatic rings. The third-order valence-corrected chi connectivity index (χ3v) is 4.02. The Hall–Kier alpha value is -1.41. The summed E-state index contributed by atoms with van der Waals surface area (Å²) in [6.45, 7) is 1.35. The topological polar surface area (TPSA) is 81.5 Å². The molecule has 0 saturated carbocycles. The second-order valence-corrected chi connectivity index (χ2v) is 5.57. The van der Waals surface area contributed by atoms with E-state index in [4.69, 9.17) is 0 Å². The molecule has 0 saturated heterocycles. The van der Waals surface area contributed by atoms with Gasteiger partial charge in [-0.15, -0.1) is 0 Å². The number of carbonyl (C=O) groups excluding carboxylic acids is 1. The highest BCUT2D eigenvalue weighted by molar-refractivity contribution is 7.89. The number of likely N-dealkylation sites (N-methyl/N-ethyl adjacent to an activating group) is 1. The standard InChI is InChI=1S/C9H15N3O4S/c1-7-10-8(5-11(7)2)17(14,15)12(3)6-9(13)16-4/h5H,6H2,1-4H3. The number of methoxy groups -OCH3 is 1. The molecule has 0 amide bonds. The lowest BCUT2D eigenvalue weighted by atomic mass is 10.7. The van der Waals surface area contributed by atoms with Crippen LogP contribution in [0.3, 0.4) is 0 Å². The SMILES string of the molecule is COC(=O)CN(C)S(=O)(=O)c1cn(C)c(C)n1. The zero-order valence-electron chi connectivity index (χ0n) is 10.2. The lowest BCUT2D eigenvalue weighted by Crippen LogP contribution is -2.32. The fourth-order valence-corrected chi connectivity index (χ4v) is 2.28. The van der Waals surface area contributed by atoms with E-state index in [1.807, 2.05) is 0 Å². The van der Waals surface area contributed by atoms with Crippen molar-refractivity contribution < 1.29 is 17.9 Å². The molecule has 96 valence electrons. The molecule has 17 heavy (non-hydrogen) atoms. The van der Waals surface area contributed by atoms with Crippen LogP contribution < -0.4 is 0 Å². The number of aromatic nitrogens is 2. The van der Waals surface area contributed by atoms with Crippen LogP contribution in [0.15, 0.2) is 11.2 Å². The Labute approximate surface area is 100 Å². The molecule has 0 aliphatic heterocycles. The first-order valence-corrected chi connectivity index (χ1v) is 6.26. The molecule has 8 heteroatoms. The van der Waals surface area contributed by atoms with Gasteiger partial charge in [-0.25, -0.2) is 13.4 Å². The van der Waals surface area contributed by atoms with Gasteiger partial charge in [-0.2, -0.15) is 4.31 Å². The first-order valence-electron chi connectivity index (χ1n) is 4.82. The third kappa shape index (κ3) is 2.83. The molecule has 0 spiro atoms. The van der Waals surface area contributed by atoms with E-state index in [2.05, 4.69) is 9.72 Å². The smallest absolute Gasteiger partial charge is 0.321 e. The molecule has 1 heterocycles. The molecule has 0 fully saturated rings. The molecule has 7 nitrogen and oxygen atoms in total. The fourth-order valence-electron chi connectivity index (χ4n) is 1.14. The van der Waals surface area contributed by atoms with Gasteiger partial charge in [0.25, 0.3) is 10.0 Å². The van der Waals surface area contributed by atoms with Gasteiger partial charge in [-0.1, -0.05) is 0 Å². The third-order valence-electron chi connectivity index (χ3n) is 2.34. The van der Waals surface area contributed by atoms with E-state index >= 15 is 0 Å². The van der Waals surface area contributed by atoms with E-state index in [1.54, 1.807) is 18.5 Å².